The number of hydrogen-bond acceptors (Lipinski definition) is 5. The molecule has 0 spiro atoms. The van der Waals surface area contributed by atoms with Crippen molar-refractivity contribution in [1.82, 2.24) is 15.4 Å². The molecule has 8 nitrogen and oxygen atoms in total. The van der Waals surface area contributed by atoms with E-state index < -0.39 is 5.91 Å². The largest absolute Gasteiger partial charge is 0.457 e. The Labute approximate surface area is 215 Å². The molecule has 2 atom stereocenters. The van der Waals surface area contributed by atoms with E-state index in [0.29, 0.717) is 24.3 Å². The van der Waals surface area contributed by atoms with Crippen LogP contribution in [0.2, 0.25) is 0 Å². The molecule has 190 valence electrons. The number of carbonyl (C=O) groups excluding carboxylic acids is 2. The number of rotatable bonds is 6. The van der Waals surface area contributed by atoms with Gasteiger partial charge in [-0.05, 0) is 55.2 Å². The van der Waals surface area contributed by atoms with Crippen molar-refractivity contribution in [3.05, 3.63) is 90.1 Å². The first-order valence-corrected chi connectivity index (χ1v) is 12.5. The molecule has 1 heterocycles. The highest BCUT2D eigenvalue weighted by molar-refractivity contribution is 6.08. The van der Waals surface area contributed by atoms with E-state index in [-0.39, 0.29) is 17.9 Å². The average Bonchev–Trinajstić information content (AvgIpc) is 3.20. The number of fused-ring (bicyclic) bond motifs is 1. The van der Waals surface area contributed by atoms with Gasteiger partial charge in [-0.3, -0.25) is 20.4 Å². The maximum Gasteiger partial charge on any atom is 0.288 e. The molecule has 0 aliphatic heterocycles. The normalized spacial score (nSPS) is 17.3. The molecule has 4 aromatic rings. The summed E-state index contributed by atoms with van der Waals surface area (Å²) in [6.45, 7) is 0.414. The summed E-state index contributed by atoms with van der Waals surface area (Å²) in [6.07, 6.45) is 3.21. The molecule has 1 aliphatic rings. The van der Waals surface area contributed by atoms with Gasteiger partial charge in [0.2, 0.25) is 5.91 Å². The third kappa shape index (κ3) is 5.44. The highest BCUT2D eigenvalue weighted by atomic mass is 16.5. The lowest BCUT2D eigenvalue weighted by molar-refractivity contribution is -0.126. The van der Waals surface area contributed by atoms with Crippen molar-refractivity contribution in [3.63, 3.8) is 0 Å². The van der Waals surface area contributed by atoms with E-state index in [9.17, 15) is 9.59 Å². The van der Waals surface area contributed by atoms with Gasteiger partial charge >= 0.3 is 0 Å². The van der Waals surface area contributed by atoms with Crippen LogP contribution in [0.4, 0.5) is 5.69 Å². The second-order valence-electron chi connectivity index (χ2n) is 9.49. The molecule has 1 saturated carbocycles. The number of hydrazine groups is 1. The first kappa shape index (κ1) is 24.4. The Kier molecular flexibility index (Phi) is 7.09. The summed E-state index contributed by atoms with van der Waals surface area (Å²) >= 11 is 0. The van der Waals surface area contributed by atoms with Crippen LogP contribution in [-0.2, 0) is 11.3 Å². The van der Waals surface area contributed by atoms with Crippen LogP contribution in [0.1, 0.15) is 41.7 Å². The number of carbonyl (C=O) groups is 2. The van der Waals surface area contributed by atoms with E-state index in [1.165, 1.54) is 0 Å². The summed E-state index contributed by atoms with van der Waals surface area (Å²) in [4.78, 5) is 25.9. The summed E-state index contributed by atoms with van der Waals surface area (Å²) in [6, 6.07) is 24.9. The highest BCUT2D eigenvalue weighted by Crippen LogP contribution is 2.30. The van der Waals surface area contributed by atoms with Crippen LogP contribution in [0.25, 0.3) is 10.9 Å². The molecule has 1 aromatic heterocycles. The van der Waals surface area contributed by atoms with Crippen LogP contribution in [0.5, 0.6) is 11.5 Å². The molecule has 8 heteroatoms. The maximum absolute atomic E-state index is 13.3. The summed E-state index contributed by atoms with van der Waals surface area (Å²) in [5.74, 6) is 0.583. The zero-order chi connectivity index (χ0) is 25.8. The van der Waals surface area contributed by atoms with Crippen LogP contribution >= 0.6 is 0 Å². The Morgan fingerprint density at radius 1 is 0.892 bits per heavy atom. The second-order valence-corrected chi connectivity index (χ2v) is 9.49. The number of para-hydroxylation sites is 2. The molecule has 0 bridgehead atoms. The van der Waals surface area contributed by atoms with Gasteiger partial charge < -0.3 is 20.8 Å². The first-order chi connectivity index (χ1) is 18.0. The molecule has 0 radical (unpaired) electrons. The number of nitrogens with two attached hydrogens (primary N) is 2. The minimum atomic E-state index is -0.466. The first-order valence-electron chi connectivity index (χ1n) is 12.5. The zero-order valence-corrected chi connectivity index (χ0v) is 20.5. The highest BCUT2D eigenvalue weighted by Gasteiger charge is 2.27. The van der Waals surface area contributed by atoms with Gasteiger partial charge in [0.15, 0.2) is 0 Å². The number of amides is 2. The van der Waals surface area contributed by atoms with Crippen molar-refractivity contribution in [2.24, 2.45) is 11.7 Å². The van der Waals surface area contributed by atoms with E-state index in [4.69, 9.17) is 16.2 Å². The Balaban J connectivity index is 1.35. The average molecular weight is 498 g/mol. The number of hydrogen-bond donors (Lipinski definition) is 4. The van der Waals surface area contributed by atoms with Gasteiger partial charge in [0.1, 0.15) is 17.2 Å². The van der Waals surface area contributed by atoms with Gasteiger partial charge in [-0.25, -0.2) is 0 Å². The topological polar surface area (TPSA) is 124 Å². The second kappa shape index (κ2) is 10.8. The lowest BCUT2D eigenvalue weighted by Crippen LogP contribution is -2.47. The number of anilines is 1. The molecule has 0 saturated heterocycles. The van der Waals surface area contributed by atoms with Crippen LogP contribution in [-0.4, -0.2) is 22.4 Å². The number of ether oxygens (including phenoxy) is 1. The Morgan fingerprint density at radius 2 is 1.59 bits per heavy atom. The summed E-state index contributed by atoms with van der Waals surface area (Å²) in [5.41, 5.74) is 20.1. The number of benzene rings is 3. The molecular formula is C29H31N5O3. The van der Waals surface area contributed by atoms with E-state index in [1.807, 2.05) is 83.4 Å². The van der Waals surface area contributed by atoms with Crippen molar-refractivity contribution in [2.45, 2.75) is 38.3 Å². The van der Waals surface area contributed by atoms with E-state index in [1.54, 1.807) is 0 Å². The van der Waals surface area contributed by atoms with E-state index in [0.717, 1.165) is 47.2 Å². The third-order valence-corrected chi connectivity index (χ3v) is 6.85. The molecule has 6 N–H and O–H groups in total. The minimum absolute atomic E-state index is 0.0165. The molecule has 2 amide bonds. The van der Waals surface area contributed by atoms with Gasteiger partial charge in [0, 0.05) is 23.9 Å². The standard InChI is InChI=1S/C29H31N5O3/c30-21-8-6-7-20(17-21)28(35)32-33-29(36)27-26(31)24-11-4-5-12-25(24)34(27)18-19-13-15-23(16-14-19)37-22-9-2-1-3-10-22/h1-5,9-16,20-21H,6-8,17-18,30-31H2,(H,32,35)(H,33,36)/t20?,21-/m1/s1. The molecule has 1 aliphatic carbocycles. The van der Waals surface area contributed by atoms with Crippen LogP contribution in [0, 0.1) is 5.92 Å². The van der Waals surface area contributed by atoms with Gasteiger partial charge in [0.05, 0.1) is 11.2 Å². The van der Waals surface area contributed by atoms with Gasteiger partial charge in [-0.2, -0.15) is 0 Å². The lowest BCUT2D eigenvalue weighted by Gasteiger charge is -2.25. The number of aromatic nitrogens is 1. The van der Waals surface area contributed by atoms with Gasteiger partial charge in [0.25, 0.3) is 5.91 Å². The molecular weight excluding hydrogens is 466 g/mol. The molecule has 1 fully saturated rings. The van der Waals surface area contributed by atoms with E-state index >= 15 is 0 Å². The summed E-state index contributed by atoms with van der Waals surface area (Å²) in [5, 5.41) is 0.779. The fourth-order valence-corrected chi connectivity index (χ4v) is 4.95. The minimum Gasteiger partial charge on any atom is -0.457 e. The zero-order valence-electron chi connectivity index (χ0n) is 20.5. The molecule has 5 rings (SSSR count). The van der Waals surface area contributed by atoms with Crippen molar-refractivity contribution < 1.29 is 14.3 Å². The molecule has 37 heavy (non-hydrogen) atoms. The predicted molar refractivity (Wildman–Crippen MR) is 144 cm³/mol. The summed E-state index contributed by atoms with van der Waals surface area (Å²) in [7, 11) is 0. The fourth-order valence-electron chi connectivity index (χ4n) is 4.95. The van der Waals surface area contributed by atoms with Crippen molar-refractivity contribution in [3.8, 4) is 11.5 Å². The van der Waals surface area contributed by atoms with E-state index in [2.05, 4.69) is 10.9 Å². The number of nitrogens with one attached hydrogen (secondary N) is 2. The van der Waals surface area contributed by atoms with Crippen LogP contribution in [0.15, 0.2) is 78.9 Å². The van der Waals surface area contributed by atoms with Crippen LogP contribution in [0.3, 0.4) is 0 Å². The third-order valence-electron chi connectivity index (χ3n) is 6.85. The number of nitrogens with zero attached hydrogens (tertiary/aromatic N) is 1. The Hall–Kier alpha value is -4.30. The predicted octanol–water partition coefficient (Wildman–Crippen LogP) is 4.34. The SMILES string of the molecule is Nc1c(C(=O)NNC(=O)C2CCC[C@@H](N)C2)n(Cc2ccc(Oc3ccccc3)cc2)c2ccccc12. The number of nitrogen functional groups attached to an aromatic ring is 1. The van der Waals surface area contributed by atoms with Crippen molar-refractivity contribution in [2.75, 3.05) is 5.73 Å². The van der Waals surface area contributed by atoms with Crippen LogP contribution < -0.4 is 27.1 Å². The smallest absolute Gasteiger partial charge is 0.288 e. The maximum atomic E-state index is 13.3. The van der Waals surface area contributed by atoms with Gasteiger partial charge in [-0.15, -0.1) is 0 Å². The van der Waals surface area contributed by atoms with Gasteiger partial charge in [-0.1, -0.05) is 55.0 Å². The quantitative estimate of drug-likeness (QED) is 0.295. The summed E-state index contributed by atoms with van der Waals surface area (Å²) < 4.78 is 7.76. The van der Waals surface area contributed by atoms with Crippen molar-refractivity contribution >= 4 is 28.4 Å². The lowest BCUT2D eigenvalue weighted by atomic mass is 9.86. The Morgan fingerprint density at radius 3 is 2.35 bits per heavy atom. The monoisotopic (exact) mass is 497 g/mol. The fraction of sp³-hybridized carbons (Fsp3) is 0.241. The molecule has 3 aromatic carbocycles. The molecule has 1 unspecified atom stereocenters. The Bertz CT molecular complexity index is 1400. The van der Waals surface area contributed by atoms with Crippen molar-refractivity contribution in [1.29, 1.82) is 0 Å².